The number of rotatable bonds is 3. The van der Waals surface area contributed by atoms with Crippen molar-refractivity contribution in [2.45, 2.75) is 4.90 Å². The lowest BCUT2D eigenvalue weighted by molar-refractivity contribution is 0.486. The average Bonchev–Trinajstić information content (AvgIpc) is 2.47. The van der Waals surface area contributed by atoms with E-state index in [1.807, 2.05) is 6.07 Å². The first-order valence-electron chi connectivity index (χ1n) is 6.33. The zero-order valence-electron chi connectivity index (χ0n) is 11.1. The summed E-state index contributed by atoms with van der Waals surface area (Å²) in [6.07, 6.45) is 0. The zero-order valence-corrected chi connectivity index (χ0v) is 11.9. The maximum atomic E-state index is 12.3. The second-order valence-corrected chi connectivity index (χ2v) is 6.17. The van der Waals surface area contributed by atoms with Gasteiger partial charge in [-0.15, -0.1) is 0 Å². The fourth-order valence-electron chi connectivity index (χ4n) is 2.05. The quantitative estimate of drug-likeness (QED) is 0.595. The molecule has 0 unspecified atom stereocenters. The van der Waals surface area contributed by atoms with Crippen LogP contribution in [0.25, 0.3) is 10.8 Å². The van der Waals surface area contributed by atoms with Gasteiger partial charge in [0.15, 0.2) is 0 Å². The van der Waals surface area contributed by atoms with Crippen molar-refractivity contribution in [3.05, 3.63) is 66.7 Å². The van der Waals surface area contributed by atoms with E-state index in [0.717, 1.165) is 10.8 Å². The highest BCUT2D eigenvalue weighted by atomic mass is 32.2. The van der Waals surface area contributed by atoms with Crippen molar-refractivity contribution in [1.82, 2.24) is 0 Å². The van der Waals surface area contributed by atoms with Gasteiger partial charge in [-0.05, 0) is 47.2 Å². The lowest BCUT2D eigenvalue weighted by Gasteiger charge is -2.08. The Morgan fingerprint density at radius 1 is 0.810 bits per heavy atom. The third-order valence-electron chi connectivity index (χ3n) is 3.07. The Morgan fingerprint density at radius 2 is 1.52 bits per heavy atom. The maximum Gasteiger partial charge on any atom is 0.339 e. The molecule has 0 saturated heterocycles. The Bertz CT molecular complexity index is 890. The van der Waals surface area contributed by atoms with Crippen LogP contribution in [0.5, 0.6) is 5.75 Å². The van der Waals surface area contributed by atoms with Crippen molar-refractivity contribution >= 4 is 26.6 Å². The van der Waals surface area contributed by atoms with Crippen molar-refractivity contribution in [1.29, 1.82) is 0 Å². The summed E-state index contributed by atoms with van der Waals surface area (Å²) in [5.74, 6) is 0.283. The Hall–Kier alpha value is -2.53. The van der Waals surface area contributed by atoms with E-state index in [4.69, 9.17) is 9.92 Å². The van der Waals surface area contributed by atoms with Crippen molar-refractivity contribution in [3.8, 4) is 5.75 Å². The van der Waals surface area contributed by atoms with E-state index in [9.17, 15) is 8.42 Å². The topological polar surface area (TPSA) is 69.4 Å². The van der Waals surface area contributed by atoms with Crippen molar-refractivity contribution in [3.63, 3.8) is 0 Å². The molecule has 0 spiro atoms. The minimum Gasteiger partial charge on any atom is -0.399 e. The molecule has 3 rings (SSSR count). The molecule has 0 heterocycles. The molecular weight excluding hydrogens is 286 g/mol. The highest BCUT2D eigenvalue weighted by molar-refractivity contribution is 7.87. The minimum atomic E-state index is -3.86. The number of nitrogens with two attached hydrogens (primary N) is 1. The molecule has 0 aliphatic rings. The molecule has 3 aromatic carbocycles. The standard InChI is InChI=1S/C16H13NO3S/c17-14-8-6-12-7-9-16(11-13(12)10-14)21(18,19)20-15-4-2-1-3-5-15/h1-11H,17H2. The van der Waals surface area contributed by atoms with E-state index in [2.05, 4.69) is 0 Å². The molecular formula is C16H13NO3S. The number of hydrogen-bond acceptors (Lipinski definition) is 4. The second kappa shape index (κ2) is 5.10. The monoisotopic (exact) mass is 299 g/mol. The largest absolute Gasteiger partial charge is 0.399 e. The summed E-state index contributed by atoms with van der Waals surface area (Å²) in [4.78, 5) is 0.101. The van der Waals surface area contributed by atoms with Crippen LogP contribution in [0.3, 0.4) is 0 Å². The van der Waals surface area contributed by atoms with Crippen LogP contribution < -0.4 is 9.92 Å². The Labute approximate surface area is 122 Å². The predicted octanol–water partition coefficient (Wildman–Crippen LogP) is 3.19. The molecule has 0 aliphatic heterocycles. The minimum absolute atomic E-state index is 0.101. The fraction of sp³-hybridized carbons (Fsp3) is 0. The SMILES string of the molecule is Nc1ccc2ccc(S(=O)(=O)Oc3ccccc3)cc2c1. The highest BCUT2D eigenvalue weighted by Gasteiger charge is 2.16. The van der Waals surface area contributed by atoms with Gasteiger partial charge >= 0.3 is 10.1 Å². The maximum absolute atomic E-state index is 12.3. The number of anilines is 1. The van der Waals surface area contributed by atoms with E-state index in [1.54, 1.807) is 54.6 Å². The van der Waals surface area contributed by atoms with Crippen LogP contribution in [0.4, 0.5) is 5.69 Å². The van der Waals surface area contributed by atoms with E-state index < -0.39 is 10.1 Å². The molecule has 5 heteroatoms. The first kappa shape index (κ1) is 13.5. The number of nitrogen functional groups attached to an aromatic ring is 1. The van der Waals surface area contributed by atoms with Crippen molar-refractivity contribution in [2.75, 3.05) is 5.73 Å². The van der Waals surface area contributed by atoms with Gasteiger partial charge in [0.1, 0.15) is 10.6 Å². The van der Waals surface area contributed by atoms with Gasteiger partial charge < -0.3 is 9.92 Å². The van der Waals surface area contributed by atoms with Crippen LogP contribution in [0.2, 0.25) is 0 Å². The molecule has 3 aromatic rings. The summed E-state index contributed by atoms with van der Waals surface area (Å²) in [5.41, 5.74) is 6.31. The molecule has 0 saturated carbocycles. The summed E-state index contributed by atoms with van der Waals surface area (Å²) >= 11 is 0. The summed E-state index contributed by atoms with van der Waals surface area (Å²) < 4.78 is 29.7. The van der Waals surface area contributed by atoms with Gasteiger partial charge in [0.25, 0.3) is 0 Å². The van der Waals surface area contributed by atoms with Crippen LogP contribution in [-0.4, -0.2) is 8.42 Å². The first-order chi connectivity index (χ1) is 10.0. The van der Waals surface area contributed by atoms with Gasteiger partial charge in [0.05, 0.1) is 0 Å². The Balaban J connectivity index is 2.02. The highest BCUT2D eigenvalue weighted by Crippen LogP contribution is 2.24. The smallest absolute Gasteiger partial charge is 0.339 e. The van der Waals surface area contributed by atoms with Crippen LogP contribution in [-0.2, 0) is 10.1 Å². The average molecular weight is 299 g/mol. The number of hydrogen-bond donors (Lipinski definition) is 1. The summed E-state index contributed by atoms with van der Waals surface area (Å²) in [7, 11) is -3.86. The van der Waals surface area contributed by atoms with Crippen LogP contribution in [0, 0.1) is 0 Å². The lowest BCUT2D eigenvalue weighted by atomic mass is 10.1. The Morgan fingerprint density at radius 3 is 2.29 bits per heavy atom. The molecule has 21 heavy (non-hydrogen) atoms. The van der Waals surface area contributed by atoms with E-state index in [-0.39, 0.29) is 10.6 Å². The molecule has 0 bridgehead atoms. The van der Waals surface area contributed by atoms with Gasteiger partial charge in [0.2, 0.25) is 0 Å². The summed E-state index contributed by atoms with van der Waals surface area (Å²) in [6.45, 7) is 0. The molecule has 0 fully saturated rings. The van der Waals surface area contributed by atoms with Gasteiger partial charge in [0, 0.05) is 5.69 Å². The van der Waals surface area contributed by atoms with Gasteiger partial charge in [-0.3, -0.25) is 0 Å². The summed E-state index contributed by atoms with van der Waals surface area (Å²) in [6, 6.07) is 18.6. The van der Waals surface area contributed by atoms with Gasteiger partial charge in [-0.2, -0.15) is 8.42 Å². The molecule has 0 amide bonds. The van der Waals surface area contributed by atoms with E-state index in [1.165, 1.54) is 6.07 Å². The van der Waals surface area contributed by atoms with Gasteiger partial charge in [-0.1, -0.05) is 30.3 Å². The number of benzene rings is 3. The molecule has 4 nitrogen and oxygen atoms in total. The van der Waals surface area contributed by atoms with Crippen LogP contribution >= 0.6 is 0 Å². The third kappa shape index (κ3) is 2.83. The summed E-state index contributed by atoms with van der Waals surface area (Å²) in [5, 5.41) is 1.68. The molecule has 0 atom stereocenters. The van der Waals surface area contributed by atoms with Crippen molar-refractivity contribution < 1.29 is 12.6 Å². The third-order valence-corrected chi connectivity index (χ3v) is 4.32. The Kier molecular flexibility index (Phi) is 3.27. The first-order valence-corrected chi connectivity index (χ1v) is 7.74. The second-order valence-electron chi connectivity index (χ2n) is 4.62. The normalized spacial score (nSPS) is 11.4. The van der Waals surface area contributed by atoms with Crippen LogP contribution in [0.15, 0.2) is 71.6 Å². The fourth-order valence-corrected chi connectivity index (χ4v) is 3.02. The number of fused-ring (bicyclic) bond motifs is 1. The van der Waals surface area contributed by atoms with E-state index >= 15 is 0 Å². The molecule has 0 aromatic heterocycles. The van der Waals surface area contributed by atoms with Crippen molar-refractivity contribution in [2.24, 2.45) is 0 Å². The van der Waals surface area contributed by atoms with Crippen LogP contribution in [0.1, 0.15) is 0 Å². The number of para-hydroxylation sites is 1. The molecule has 0 radical (unpaired) electrons. The molecule has 2 N–H and O–H groups in total. The molecule has 0 aliphatic carbocycles. The predicted molar refractivity (Wildman–Crippen MR) is 82.6 cm³/mol. The zero-order chi connectivity index (χ0) is 14.9. The molecule has 106 valence electrons. The van der Waals surface area contributed by atoms with Gasteiger partial charge in [-0.25, -0.2) is 0 Å². The lowest BCUT2D eigenvalue weighted by Crippen LogP contribution is -2.09. The van der Waals surface area contributed by atoms with E-state index in [0.29, 0.717) is 5.69 Å².